The molecular weight excluding hydrogens is 298 g/mol. The van der Waals surface area contributed by atoms with Crippen LogP contribution in [0.5, 0.6) is 0 Å². The molecule has 0 bridgehead atoms. The second-order valence-electron chi connectivity index (χ2n) is 6.55. The highest BCUT2D eigenvalue weighted by molar-refractivity contribution is 5.74. The number of benzene rings is 1. The Morgan fingerprint density at radius 2 is 1.75 bits per heavy atom. The van der Waals surface area contributed by atoms with Crippen LogP contribution in [-0.2, 0) is 0 Å². The number of nitrogens with zero attached hydrogens (tertiary/aromatic N) is 1. The molecule has 4 nitrogen and oxygen atoms in total. The molecule has 1 atom stereocenters. The van der Waals surface area contributed by atoms with E-state index in [2.05, 4.69) is 45.9 Å². The molecule has 1 aromatic carbocycles. The average molecular weight is 323 g/mol. The summed E-state index contributed by atoms with van der Waals surface area (Å²) >= 11 is 0. The van der Waals surface area contributed by atoms with Crippen molar-refractivity contribution >= 4 is 6.03 Å². The predicted octanol–water partition coefficient (Wildman–Crippen LogP) is 4.17. The maximum atomic E-state index is 12.2. The van der Waals surface area contributed by atoms with E-state index in [-0.39, 0.29) is 18.1 Å². The lowest BCUT2D eigenvalue weighted by atomic mass is 9.82. The van der Waals surface area contributed by atoms with E-state index < -0.39 is 0 Å². The lowest BCUT2D eigenvalue weighted by Gasteiger charge is -2.29. The first-order chi connectivity index (χ1) is 11.7. The summed E-state index contributed by atoms with van der Waals surface area (Å²) in [6.07, 6.45) is 6.07. The lowest BCUT2D eigenvalue weighted by molar-refractivity contribution is 0.228. The van der Waals surface area contributed by atoms with E-state index in [1.165, 1.54) is 5.56 Å². The minimum absolute atomic E-state index is 0.0909. The minimum atomic E-state index is -0.101. The molecule has 0 aliphatic heterocycles. The lowest BCUT2D eigenvalue weighted by Crippen LogP contribution is -2.44. The highest BCUT2D eigenvalue weighted by Crippen LogP contribution is 2.32. The van der Waals surface area contributed by atoms with E-state index >= 15 is 0 Å². The van der Waals surface area contributed by atoms with Crippen molar-refractivity contribution in [1.29, 1.82) is 0 Å². The predicted molar refractivity (Wildman–Crippen MR) is 95.8 cm³/mol. The highest BCUT2D eigenvalue weighted by atomic mass is 16.2. The Balaban J connectivity index is 1.45. The number of amides is 2. The molecule has 3 rings (SSSR count). The van der Waals surface area contributed by atoms with Gasteiger partial charge in [-0.05, 0) is 56.2 Å². The highest BCUT2D eigenvalue weighted by Gasteiger charge is 2.23. The van der Waals surface area contributed by atoms with Crippen LogP contribution in [0.3, 0.4) is 0 Å². The van der Waals surface area contributed by atoms with Crippen LogP contribution in [0, 0.1) is 0 Å². The van der Waals surface area contributed by atoms with E-state index in [4.69, 9.17) is 0 Å². The van der Waals surface area contributed by atoms with Gasteiger partial charge in [0.05, 0.1) is 11.7 Å². The Hall–Kier alpha value is -2.36. The molecule has 0 unspecified atom stereocenters. The number of nitrogens with one attached hydrogen (secondary N) is 2. The molecule has 2 amide bonds. The fraction of sp³-hybridized carbons (Fsp3) is 0.400. The third kappa shape index (κ3) is 4.34. The molecule has 2 aromatic rings. The van der Waals surface area contributed by atoms with Crippen molar-refractivity contribution in [3.63, 3.8) is 0 Å². The summed E-state index contributed by atoms with van der Waals surface area (Å²) in [7, 11) is 0. The molecule has 0 radical (unpaired) electrons. The maximum absolute atomic E-state index is 12.2. The van der Waals surface area contributed by atoms with Gasteiger partial charge in [0.15, 0.2) is 0 Å². The summed E-state index contributed by atoms with van der Waals surface area (Å²) in [5, 5.41) is 6.09. The number of hydrogen-bond donors (Lipinski definition) is 2. The van der Waals surface area contributed by atoms with Crippen molar-refractivity contribution < 1.29 is 4.79 Å². The topological polar surface area (TPSA) is 54.0 Å². The number of carbonyl (C=O) groups excluding carboxylic acids is 1. The molecule has 2 N–H and O–H groups in total. The Morgan fingerprint density at radius 1 is 1.04 bits per heavy atom. The first-order valence-electron chi connectivity index (χ1n) is 8.75. The van der Waals surface area contributed by atoms with Gasteiger partial charge in [-0.25, -0.2) is 4.79 Å². The van der Waals surface area contributed by atoms with Gasteiger partial charge in [-0.15, -0.1) is 0 Å². The van der Waals surface area contributed by atoms with Crippen molar-refractivity contribution in [1.82, 2.24) is 15.6 Å². The van der Waals surface area contributed by atoms with Gasteiger partial charge in [0, 0.05) is 12.2 Å². The molecule has 0 saturated heterocycles. The van der Waals surface area contributed by atoms with Crippen molar-refractivity contribution in [3.8, 4) is 0 Å². The van der Waals surface area contributed by atoms with Gasteiger partial charge in [-0.1, -0.05) is 36.4 Å². The van der Waals surface area contributed by atoms with Crippen LogP contribution in [0.1, 0.15) is 55.8 Å². The average Bonchev–Trinajstić information content (AvgIpc) is 2.64. The van der Waals surface area contributed by atoms with Crippen molar-refractivity contribution in [2.24, 2.45) is 0 Å². The van der Waals surface area contributed by atoms with Crippen LogP contribution in [-0.4, -0.2) is 17.1 Å². The smallest absolute Gasteiger partial charge is 0.315 e. The van der Waals surface area contributed by atoms with Gasteiger partial charge >= 0.3 is 6.03 Å². The first-order valence-corrected chi connectivity index (χ1v) is 8.75. The van der Waals surface area contributed by atoms with Crippen molar-refractivity contribution in [2.75, 3.05) is 0 Å². The molecule has 1 aliphatic carbocycles. The quantitative estimate of drug-likeness (QED) is 0.887. The van der Waals surface area contributed by atoms with Crippen molar-refractivity contribution in [3.05, 3.63) is 66.0 Å². The minimum Gasteiger partial charge on any atom is -0.335 e. The SMILES string of the molecule is C[C@@H](NC(=O)NC1CCC(c2ccccc2)CC1)c1ccccn1. The number of carbonyl (C=O) groups is 1. The number of rotatable bonds is 4. The summed E-state index contributed by atoms with van der Waals surface area (Å²) in [5.74, 6) is 0.625. The molecular formula is C20H25N3O. The third-order valence-corrected chi connectivity index (χ3v) is 4.81. The standard InChI is InChI=1S/C20H25N3O/c1-15(19-9-5-6-14-21-19)22-20(24)23-18-12-10-17(11-13-18)16-7-3-2-4-8-16/h2-9,14-15,17-18H,10-13H2,1H3,(H2,22,23,24)/t15-,17?,18?/m1/s1. The zero-order valence-electron chi connectivity index (χ0n) is 14.1. The molecule has 4 heteroatoms. The molecule has 0 spiro atoms. The van der Waals surface area contributed by atoms with E-state index in [0.29, 0.717) is 5.92 Å². The van der Waals surface area contributed by atoms with Crippen molar-refractivity contribution in [2.45, 2.75) is 50.6 Å². The zero-order valence-corrected chi connectivity index (χ0v) is 14.1. The molecule has 1 aromatic heterocycles. The van der Waals surface area contributed by atoms with E-state index in [0.717, 1.165) is 31.4 Å². The molecule has 126 valence electrons. The summed E-state index contributed by atoms with van der Waals surface area (Å²) in [6.45, 7) is 1.95. The van der Waals surface area contributed by atoms with Gasteiger partial charge in [-0.2, -0.15) is 0 Å². The van der Waals surface area contributed by atoms with Crippen LogP contribution < -0.4 is 10.6 Å². The van der Waals surface area contributed by atoms with Gasteiger partial charge in [0.1, 0.15) is 0 Å². The maximum Gasteiger partial charge on any atom is 0.315 e. The molecule has 1 heterocycles. The number of pyridine rings is 1. The second-order valence-corrected chi connectivity index (χ2v) is 6.55. The molecule has 24 heavy (non-hydrogen) atoms. The molecule has 1 saturated carbocycles. The van der Waals surface area contributed by atoms with E-state index in [1.54, 1.807) is 6.20 Å². The first kappa shape index (κ1) is 16.5. The van der Waals surface area contributed by atoms with E-state index in [9.17, 15) is 4.79 Å². The second kappa shape index (κ2) is 7.95. The van der Waals surface area contributed by atoms with Gasteiger partial charge in [-0.3, -0.25) is 4.98 Å². The Bertz CT molecular complexity index is 636. The zero-order chi connectivity index (χ0) is 16.8. The van der Waals surface area contributed by atoms with Gasteiger partial charge in [0.25, 0.3) is 0 Å². The van der Waals surface area contributed by atoms with Gasteiger partial charge < -0.3 is 10.6 Å². The summed E-state index contributed by atoms with van der Waals surface area (Å²) in [5.41, 5.74) is 2.30. The third-order valence-electron chi connectivity index (χ3n) is 4.81. The van der Waals surface area contributed by atoms with Crippen LogP contribution in [0.25, 0.3) is 0 Å². The summed E-state index contributed by atoms with van der Waals surface area (Å²) < 4.78 is 0. The fourth-order valence-corrected chi connectivity index (χ4v) is 3.43. The van der Waals surface area contributed by atoms with Crippen LogP contribution in [0.15, 0.2) is 54.7 Å². The Morgan fingerprint density at radius 3 is 2.42 bits per heavy atom. The summed E-state index contributed by atoms with van der Waals surface area (Å²) in [6, 6.07) is 16.5. The molecule has 1 aliphatic rings. The number of aromatic nitrogens is 1. The van der Waals surface area contributed by atoms with E-state index in [1.807, 2.05) is 25.1 Å². The van der Waals surface area contributed by atoms with Gasteiger partial charge in [0.2, 0.25) is 0 Å². The normalized spacial score (nSPS) is 21.7. The van der Waals surface area contributed by atoms with Crippen LogP contribution in [0.4, 0.5) is 4.79 Å². The number of hydrogen-bond acceptors (Lipinski definition) is 2. The largest absolute Gasteiger partial charge is 0.335 e. The molecule has 1 fully saturated rings. The number of urea groups is 1. The fourth-order valence-electron chi connectivity index (χ4n) is 3.43. The monoisotopic (exact) mass is 323 g/mol. The Labute approximate surface area is 143 Å². The van der Waals surface area contributed by atoms with Crippen LogP contribution >= 0.6 is 0 Å². The summed E-state index contributed by atoms with van der Waals surface area (Å²) in [4.78, 5) is 16.5. The Kier molecular flexibility index (Phi) is 5.47. The van der Waals surface area contributed by atoms with Crippen LogP contribution in [0.2, 0.25) is 0 Å².